The SMILES string of the molecule is COc1cc(F)c([C@H]2[C@H](NC(=O)c3ccc(Cl)cc3)C(=O)N(c3ncccc3OC)[C@@H]2C)c(F)c1. The number of rotatable bonds is 6. The summed E-state index contributed by atoms with van der Waals surface area (Å²) in [6.07, 6.45) is 1.47. The van der Waals surface area contributed by atoms with Crippen LogP contribution in [0.4, 0.5) is 14.6 Å². The van der Waals surface area contributed by atoms with Gasteiger partial charge in [0.25, 0.3) is 11.8 Å². The number of nitrogens with zero attached hydrogens (tertiary/aromatic N) is 2. The molecule has 1 aromatic heterocycles. The maximum Gasteiger partial charge on any atom is 0.251 e. The molecule has 0 aliphatic carbocycles. The van der Waals surface area contributed by atoms with Crippen molar-refractivity contribution in [3.63, 3.8) is 0 Å². The van der Waals surface area contributed by atoms with Gasteiger partial charge in [-0.05, 0) is 43.3 Å². The van der Waals surface area contributed by atoms with Crippen LogP contribution in [-0.2, 0) is 4.79 Å². The van der Waals surface area contributed by atoms with Crippen molar-refractivity contribution in [2.45, 2.75) is 24.9 Å². The Labute approximate surface area is 205 Å². The van der Waals surface area contributed by atoms with Crippen molar-refractivity contribution in [1.82, 2.24) is 10.3 Å². The molecular formula is C25H22ClF2N3O4. The van der Waals surface area contributed by atoms with E-state index in [2.05, 4.69) is 10.3 Å². The predicted molar refractivity (Wildman–Crippen MR) is 126 cm³/mol. The predicted octanol–water partition coefficient (Wildman–Crippen LogP) is 4.35. The third-order valence-corrected chi connectivity index (χ3v) is 6.26. The smallest absolute Gasteiger partial charge is 0.251 e. The van der Waals surface area contributed by atoms with Gasteiger partial charge in [0.15, 0.2) is 11.6 Å². The third-order valence-electron chi connectivity index (χ3n) is 6.00. The summed E-state index contributed by atoms with van der Waals surface area (Å²) in [5.74, 6) is -3.60. The number of benzene rings is 2. The number of hydrogen-bond donors (Lipinski definition) is 1. The standard InChI is InChI=1S/C25H22ClF2N3O4/c1-13-20(21-17(27)11-16(34-2)12-18(21)28)22(30-24(32)14-6-8-15(26)9-7-14)25(33)31(13)23-19(35-3)5-4-10-29-23/h4-13,20,22H,1-3H3,(H,30,32)/t13-,20+,22+/m1/s1. The second kappa shape index (κ2) is 9.87. The van der Waals surface area contributed by atoms with Gasteiger partial charge in [-0.25, -0.2) is 13.8 Å². The molecular weight excluding hydrogens is 480 g/mol. The molecule has 1 N–H and O–H groups in total. The Morgan fingerprint density at radius 2 is 1.74 bits per heavy atom. The molecule has 1 aliphatic rings. The average Bonchev–Trinajstić information content (AvgIpc) is 3.08. The van der Waals surface area contributed by atoms with Gasteiger partial charge in [0.1, 0.15) is 23.4 Å². The molecule has 7 nitrogen and oxygen atoms in total. The molecule has 2 heterocycles. The van der Waals surface area contributed by atoms with Crippen LogP contribution in [0.25, 0.3) is 0 Å². The van der Waals surface area contributed by atoms with Gasteiger partial charge >= 0.3 is 0 Å². The fourth-order valence-corrected chi connectivity index (χ4v) is 4.47. The Bertz CT molecular complexity index is 1250. The fraction of sp³-hybridized carbons (Fsp3) is 0.240. The molecule has 2 aromatic carbocycles. The van der Waals surface area contributed by atoms with Gasteiger partial charge in [-0.1, -0.05) is 11.6 Å². The lowest BCUT2D eigenvalue weighted by atomic mass is 9.87. The van der Waals surface area contributed by atoms with Gasteiger partial charge in [0.05, 0.1) is 14.2 Å². The van der Waals surface area contributed by atoms with E-state index >= 15 is 8.78 Å². The average molecular weight is 502 g/mol. The Morgan fingerprint density at radius 3 is 2.34 bits per heavy atom. The minimum absolute atomic E-state index is 0.00859. The Balaban J connectivity index is 1.81. The third kappa shape index (κ3) is 4.51. The summed E-state index contributed by atoms with van der Waals surface area (Å²) in [6, 6.07) is 9.28. The number of ether oxygens (including phenoxy) is 2. The first-order chi connectivity index (χ1) is 16.8. The first kappa shape index (κ1) is 24.4. The number of methoxy groups -OCH3 is 2. The van der Waals surface area contributed by atoms with Gasteiger partial charge in [-0.15, -0.1) is 0 Å². The number of nitrogens with one attached hydrogen (secondary N) is 1. The van der Waals surface area contributed by atoms with E-state index in [0.717, 1.165) is 12.1 Å². The van der Waals surface area contributed by atoms with Crippen LogP contribution in [0.5, 0.6) is 11.5 Å². The number of anilines is 1. The molecule has 10 heteroatoms. The molecule has 182 valence electrons. The Morgan fingerprint density at radius 1 is 1.09 bits per heavy atom. The van der Waals surface area contributed by atoms with Crippen molar-refractivity contribution >= 4 is 29.2 Å². The normalized spacial score (nSPS) is 19.5. The van der Waals surface area contributed by atoms with Crippen LogP contribution in [0.3, 0.4) is 0 Å². The Hall–Kier alpha value is -3.72. The van der Waals surface area contributed by atoms with Gasteiger partial charge in [0.2, 0.25) is 0 Å². The number of pyridine rings is 1. The minimum Gasteiger partial charge on any atom is -0.497 e. The molecule has 35 heavy (non-hydrogen) atoms. The highest BCUT2D eigenvalue weighted by atomic mass is 35.5. The molecule has 1 aliphatic heterocycles. The lowest BCUT2D eigenvalue weighted by molar-refractivity contribution is -0.118. The highest BCUT2D eigenvalue weighted by Gasteiger charge is 2.51. The summed E-state index contributed by atoms with van der Waals surface area (Å²) in [5.41, 5.74) is -0.108. The molecule has 4 rings (SSSR count). The number of hydrogen-bond acceptors (Lipinski definition) is 5. The second-order valence-corrected chi connectivity index (χ2v) is 8.40. The van der Waals surface area contributed by atoms with Crippen molar-refractivity contribution in [3.05, 3.63) is 82.5 Å². The van der Waals surface area contributed by atoms with Gasteiger partial charge < -0.3 is 14.8 Å². The van der Waals surface area contributed by atoms with E-state index in [1.165, 1.54) is 49.6 Å². The van der Waals surface area contributed by atoms with E-state index in [4.69, 9.17) is 21.1 Å². The minimum atomic E-state index is -1.29. The molecule has 0 unspecified atom stereocenters. The van der Waals surface area contributed by atoms with E-state index in [1.54, 1.807) is 19.1 Å². The highest BCUT2D eigenvalue weighted by molar-refractivity contribution is 6.30. The summed E-state index contributed by atoms with van der Waals surface area (Å²) < 4.78 is 40.7. The number of halogens is 3. The maximum absolute atomic E-state index is 15.2. The molecule has 0 bridgehead atoms. The summed E-state index contributed by atoms with van der Waals surface area (Å²) in [5, 5.41) is 3.09. The largest absolute Gasteiger partial charge is 0.497 e. The molecule has 0 radical (unpaired) electrons. The molecule has 0 spiro atoms. The van der Waals surface area contributed by atoms with Gasteiger partial charge in [-0.3, -0.25) is 14.5 Å². The maximum atomic E-state index is 15.2. The van der Waals surface area contributed by atoms with Crippen LogP contribution >= 0.6 is 11.6 Å². The van der Waals surface area contributed by atoms with Crippen molar-refractivity contribution in [2.75, 3.05) is 19.1 Å². The zero-order valence-corrected chi connectivity index (χ0v) is 19.8. The molecule has 2 amide bonds. The lowest BCUT2D eigenvalue weighted by Crippen LogP contribution is -2.44. The first-order valence-corrected chi connectivity index (χ1v) is 11.1. The van der Waals surface area contributed by atoms with E-state index < -0.39 is 41.5 Å². The quantitative estimate of drug-likeness (QED) is 0.543. The van der Waals surface area contributed by atoms with Crippen LogP contribution in [0, 0.1) is 11.6 Å². The van der Waals surface area contributed by atoms with Crippen molar-refractivity contribution in [3.8, 4) is 11.5 Å². The zero-order valence-electron chi connectivity index (χ0n) is 19.1. The highest BCUT2D eigenvalue weighted by Crippen LogP contribution is 2.42. The van der Waals surface area contributed by atoms with Crippen LogP contribution in [0.2, 0.25) is 5.02 Å². The first-order valence-electron chi connectivity index (χ1n) is 10.7. The van der Waals surface area contributed by atoms with Crippen LogP contribution in [0.1, 0.15) is 28.8 Å². The molecule has 1 fully saturated rings. The number of carbonyl (C=O) groups excluding carboxylic acids is 2. The van der Waals surface area contributed by atoms with Crippen molar-refractivity contribution in [1.29, 1.82) is 0 Å². The number of carbonyl (C=O) groups is 2. The fourth-order valence-electron chi connectivity index (χ4n) is 4.35. The summed E-state index contributed by atoms with van der Waals surface area (Å²) >= 11 is 5.90. The van der Waals surface area contributed by atoms with E-state index in [0.29, 0.717) is 10.8 Å². The summed E-state index contributed by atoms with van der Waals surface area (Å²) in [6.45, 7) is 1.63. The van der Waals surface area contributed by atoms with E-state index in [9.17, 15) is 9.59 Å². The zero-order chi connectivity index (χ0) is 25.3. The van der Waals surface area contributed by atoms with Crippen LogP contribution in [-0.4, -0.2) is 43.1 Å². The number of amides is 2. The topological polar surface area (TPSA) is 80.8 Å². The molecule has 3 atom stereocenters. The monoisotopic (exact) mass is 501 g/mol. The lowest BCUT2D eigenvalue weighted by Gasteiger charge is -2.26. The van der Waals surface area contributed by atoms with Crippen molar-refractivity contribution in [2.24, 2.45) is 0 Å². The number of aromatic nitrogens is 1. The van der Waals surface area contributed by atoms with E-state index in [-0.39, 0.29) is 22.7 Å². The second-order valence-electron chi connectivity index (χ2n) is 7.97. The van der Waals surface area contributed by atoms with Gasteiger partial charge in [-0.2, -0.15) is 0 Å². The van der Waals surface area contributed by atoms with Gasteiger partial charge in [0, 0.05) is 46.4 Å². The van der Waals surface area contributed by atoms with Crippen LogP contribution in [0.15, 0.2) is 54.7 Å². The summed E-state index contributed by atoms with van der Waals surface area (Å²) in [7, 11) is 2.71. The molecule has 1 saturated heterocycles. The van der Waals surface area contributed by atoms with Crippen LogP contribution < -0.4 is 19.7 Å². The van der Waals surface area contributed by atoms with E-state index in [1.807, 2.05) is 0 Å². The molecule has 0 saturated carbocycles. The Kier molecular flexibility index (Phi) is 6.88. The summed E-state index contributed by atoms with van der Waals surface area (Å²) in [4.78, 5) is 32.2. The van der Waals surface area contributed by atoms with Crippen molar-refractivity contribution < 1.29 is 27.8 Å². The molecule has 3 aromatic rings.